The number of rotatable bonds is 7. The summed E-state index contributed by atoms with van der Waals surface area (Å²) in [5.41, 5.74) is 1.41. The zero-order valence-electron chi connectivity index (χ0n) is 13.3. The Morgan fingerprint density at radius 1 is 1.19 bits per heavy atom. The van der Waals surface area contributed by atoms with Crippen molar-refractivity contribution in [3.8, 4) is 0 Å². The first kappa shape index (κ1) is 15.0. The summed E-state index contributed by atoms with van der Waals surface area (Å²) in [6, 6.07) is 11.5. The van der Waals surface area contributed by atoms with E-state index in [-0.39, 0.29) is 0 Å². The van der Waals surface area contributed by atoms with Crippen LogP contribution < -0.4 is 5.32 Å². The van der Waals surface area contributed by atoms with Crippen LogP contribution in [-0.2, 0) is 6.54 Å². The Bertz CT molecular complexity index is 420. The fourth-order valence-electron chi connectivity index (χ4n) is 3.83. The summed E-state index contributed by atoms with van der Waals surface area (Å²) in [6.45, 7) is 7.38. The van der Waals surface area contributed by atoms with E-state index < -0.39 is 0 Å². The third-order valence-corrected chi connectivity index (χ3v) is 5.05. The second-order valence-corrected chi connectivity index (χ2v) is 6.78. The fraction of sp³-hybridized carbons (Fsp3) is 0.667. The summed E-state index contributed by atoms with van der Waals surface area (Å²) < 4.78 is 0. The van der Waals surface area contributed by atoms with E-state index in [0.717, 1.165) is 18.5 Å². The van der Waals surface area contributed by atoms with Gasteiger partial charge in [-0.1, -0.05) is 30.3 Å². The van der Waals surface area contributed by atoms with Gasteiger partial charge in [0.25, 0.3) is 0 Å². The van der Waals surface area contributed by atoms with Crippen molar-refractivity contribution < 1.29 is 0 Å². The van der Waals surface area contributed by atoms with Crippen LogP contribution in [0.2, 0.25) is 0 Å². The number of fused-ring (bicyclic) bond motifs is 2. The van der Waals surface area contributed by atoms with E-state index in [9.17, 15) is 0 Å². The van der Waals surface area contributed by atoms with Gasteiger partial charge in [-0.15, -0.1) is 0 Å². The average molecular weight is 287 g/mol. The highest BCUT2D eigenvalue weighted by Crippen LogP contribution is 2.26. The summed E-state index contributed by atoms with van der Waals surface area (Å²) in [5, 5.41) is 3.82. The molecule has 2 aliphatic rings. The molecule has 0 amide bonds. The molecule has 0 radical (unpaired) electrons. The van der Waals surface area contributed by atoms with E-state index in [1.54, 1.807) is 0 Å². The molecule has 3 heteroatoms. The molecule has 0 spiro atoms. The maximum Gasteiger partial charge on any atom is 0.0230 e. The van der Waals surface area contributed by atoms with Crippen LogP contribution in [0, 0.1) is 5.92 Å². The molecule has 116 valence electrons. The third-order valence-electron chi connectivity index (χ3n) is 5.05. The average Bonchev–Trinajstić information content (AvgIpc) is 2.89. The van der Waals surface area contributed by atoms with Crippen molar-refractivity contribution in [1.82, 2.24) is 15.1 Å². The molecule has 0 saturated carbocycles. The molecule has 21 heavy (non-hydrogen) atoms. The van der Waals surface area contributed by atoms with Crippen LogP contribution in [0.1, 0.15) is 24.8 Å². The van der Waals surface area contributed by atoms with Gasteiger partial charge in [0.15, 0.2) is 0 Å². The van der Waals surface area contributed by atoms with E-state index in [1.807, 2.05) is 0 Å². The predicted octanol–water partition coefficient (Wildman–Crippen LogP) is 2.19. The van der Waals surface area contributed by atoms with Crippen LogP contribution in [0.25, 0.3) is 0 Å². The first-order valence-electron chi connectivity index (χ1n) is 8.49. The second kappa shape index (κ2) is 7.39. The molecule has 1 aromatic rings. The topological polar surface area (TPSA) is 18.5 Å². The van der Waals surface area contributed by atoms with Gasteiger partial charge in [0, 0.05) is 19.1 Å². The van der Waals surface area contributed by atoms with Gasteiger partial charge in [-0.25, -0.2) is 0 Å². The third kappa shape index (κ3) is 4.29. The minimum atomic E-state index is 0.781. The number of nitrogens with one attached hydrogen (secondary N) is 1. The highest BCUT2D eigenvalue weighted by atomic mass is 15.2. The Labute approximate surface area is 129 Å². The van der Waals surface area contributed by atoms with Crippen molar-refractivity contribution in [2.24, 2.45) is 5.92 Å². The van der Waals surface area contributed by atoms with Gasteiger partial charge in [-0.3, -0.25) is 0 Å². The van der Waals surface area contributed by atoms with E-state index in [1.165, 1.54) is 57.5 Å². The Hall–Kier alpha value is -0.900. The summed E-state index contributed by atoms with van der Waals surface area (Å²) in [5.74, 6) is 0.917. The second-order valence-electron chi connectivity index (χ2n) is 6.78. The minimum absolute atomic E-state index is 0.781. The van der Waals surface area contributed by atoms with Crippen molar-refractivity contribution in [2.75, 3.05) is 39.8 Å². The maximum absolute atomic E-state index is 3.82. The lowest BCUT2D eigenvalue weighted by Gasteiger charge is -2.31. The van der Waals surface area contributed by atoms with Gasteiger partial charge in [-0.2, -0.15) is 0 Å². The molecule has 2 aliphatic heterocycles. The molecule has 1 aromatic carbocycles. The summed E-state index contributed by atoms with van der Waals surface area (Å²) in [6.07, 6.45) is 4.01. The summed E-state index contributed by atoms with van der Waals surface area (Å²) in [7, 11) is 2.22. The largest absolute Gasteiger partial charge is 0.314 e. The van der Waals surface area contributed by atoms with Gasteiger partial charge in [0.2, 0.25) is 0 Å². The van der Waals surface area contributed by atoms with Crippen molar-refractivity contribution in [3.63, 3.8) is 0 Å². The van der Waals surface area contributed by atoms with Crippen molar-refractivity contribution in [3.05, 3.63) is 35.9 Å². The van der Waals surface area contributed by atoms with E-state index in [0.29, 0.717) is 0 Å². The maximum atomic E-state index is 3.82. The lowest BCUT2D eigenvalue weighted by Crippen LogP contribution is -2.44. The zero-order valence-corrected chi connectivity index (χ0v) is 13.3. The molecule has 3 rings (SSSR count). The Kier molecular flexibility index (Phi) is 5.28. The molecule has 2 bridgehead atoms. The predicted molar refractivity (Wildman–Crippen MR) is 88.3 cm³/mol. The SMILES string of the molecule is CN(CCCNC1CCN2CCC1C2)Cc1ccccc1. The van der Waals surface area contributed by atoms with Crippen molar-refractivity contribution >= 4 is 0 Å². The highest BCUT2D eigenvalue weighted by molar-refractivity contribution is 5.14. The molecule has 3 atom stereocenters. The molecule has 2 fully saturated rings. The highest BCUT2D eigenvalue weighted by Gasteiger charge is 2.33. The molecule has 3 unspecified atom stereocenters. The van der Waals surface area contributed by atoms with Gasteiger partial charge in [0.1, 0.15) is 0 Å². The molecule has 1 N–H and O–H groups in total. The number of benzene rings is 1. The van der Waals surface area contributed by atoms with E-state index in [4.69, 9.17) is 0 Å². The lowest BCUT2D eigenvalue weighted by molar-refractivity contribution is 0.218. The monoisotopic (exact) mass is 287 g/mol. The van der Waals surface area contributed by atoms with Gasteiger partial charge >= 0.3 is 0 Å². The van der Waals surface area contributed by atoms with Crippen LogP contribution >= 0.6 is 0 Å². The molecule has 2 heterocycles. The molecule has 0 aliphatic carbocycles. The Morgan fingerprint density at radius 2 is 2.00 bits per heavy atom. The smallest absolute Gasteiger partial charge is 0.0230 e. The molecule has 2 saturated heterocycles. The first-order valence-corrected chi connectivity index (χ1v) is 8.49. The standard InChI is InChI=1S/C18H29N3/c1-20(14-16-6-3-2-4-7-16)11-5-10-19-18-9-13-21-12-8-17(18)15-21/h2-4,6-7,17-19H,5,8-15H2,1H3. The number of nitrogens with zero attached hydrogens (tertiary/aromatic N) is 2. The first-order chi connectivity index (χ1) is 10.3. The van der Waals surface area contributed by atoms with Gasteiger partial charge < -0.3 is 15.1 Å². The molecule has 3 nitrogen and oxygen atoms in total. The number of piperidine rings is 1. The van der Waals surface area contributed by atoms with Gasteiger partial charge in [-0.05, 0) is 64.0 Å². The quantitative estimate of drug-likeness (QED) is 0.776. The van der Waals surface area contributed by atoms with Crippen molar-refractivity contribution in [1.29, 1.82) is 0 Å². The summed E-state index contributed by atoms with van der Waals surface area (Å²) >= 11 is 0. The Balaban J connectivity index is 1.31. The molecular formula is C18H29N3. The lowest BCUT2D eigenvalue weighted by atomic mass is 9.94. The van der Waals surface area contributed by atoms with Crippen LogP contribution in [0.15, 0.2) is 30.3 Å². The number of hydrogen-bond donors (Lipinski definition) is 1. The Morgan fingerprint density at radius 3 is 2.86 bits per heavy atom. The van der Waals surface area contributed by atoms with Crippen LogP contribution in [0.3, 0.4) is 0 Å². The molecule has 0 aromatic heterocycles. The normalized spacial score (nSPS) is 28.2. The van der Waals surface area contributed by atoms with Crippen LogP contribution in [0.5, 0.6) is 0 Å². The van der Waals surface area contributed by atoms with Crippen molar-refractivity contribution in [2.45, 2.75) is 31.8 Å². The molecular weight excluding hydrogens is 258 g/mol. The van der Waals surface area contributed by atoms with E-state index >= 15 is 0 Å². The van der Waals surface area contributed by atoms with E-state index in [2.05, 4.69) is 52.5 Å². The number of hydrogen-bond acceptors (Lipinski definition) is 3. The minimum Gasteiger partial charge on any atom is -0.314 e. The van der Waals surface area contributed by atoms with Crippen LogP contribution in [-0.4, -0.2) is 55.6 Å². The fourth-order valence-corrected chi connectivity index (χ4v) is 3.83. The zero-order chi connectivity index (χ0) is 14.5. The van der Waals surface area contributed by atoms with Crippen LogP contribution in [0.4, 0.5) is 0 Å². The van der Waals surface area contributed by atoms with Gasteiger partial charge in [0.05, 0.1) is 0 Å². The summed E-state index contributed by atoms with van der Waals surface area (Å²) in [4.78, 5) is 5.05.